The number of rotatable bonds is 5. The molecule has 2 atom stereocenters. The molecule has 0 spiro atoms. The van der Waals surface area contributed by atoms with E-state index in [9.17, 15) is 4.79 Å². The van der Waals surface area contributed by atoms with E-state index in [1.54, 1.807) is 0 Å². The number of carbonyl (C=O) groups is 1. The molecular formula is C15H22N2OS. The van der Waals surface area contributed by atoms with Gasteiger partial charge in [0.05, 0.1) is 0 Å². The molecule has 0 bridgehead atoms. The smallest absolute Gasteiger partial charge is 0.251 e. The van der Waals surface area contributed by atoms with Gasteiger partial charge in [0.2, 0.25) is 0 Å². The van der Waals surface area contributed by atoms with E-state index < -0.39 is 0 Å². The van der Waals surface area contributed by atoms with Gasteiger partial charge in [-0.25, -0.2) is 0 Å². The summed E-state index contributed by atoms with van der Waals surface area (Å²) in [4.78, 5) is 12.1. The molecule has 0 saturated heterocycles. The summed E-state index contributed by atoms with van der Waals surface area (Å²) in [6.07, 6.45) is 3.42. The molecule has 1 aliphatic rings. The first-order valence-corrected chi connectivity index (χ1v) is 7.99. The molecule has 1 fully saturated rings. The van der Waals surface area contributed by atoms with E-state index in [4.69, 9.17) is 5.73 Å². The minimum Gasteiger partial charge on any atom is -0.349 e. The molecule has 0 heterocycles. The number of nitrogens with one attached hydrogen (secondary N) is 1. The van der Waals surface area contributed by atoms with Crippen LogP contribution in [0.2, 0.25) is 0 Å². The summed E-state index contributed by atoms with van der Waals surface area (Å²) in [5, 5.41) is 3.86. The van der Waals surface area contributed by atoms with Gasteiger partial charge in [0.25, 0.3) is 5.91 Å². The first-order valence-electron chi connectivity index (χ1n) is 6.94. The summed E-state index contributed by atoms with van der Waals surface area (Å²) < 4.78 is 0. The molecule has 2 unspecified atom stereocenters. The Kier molecular flexibility index (Phi) is 5.28. The maximum Gasteiger partial charge on any atom is 0.251 e. The van der Waals surface area contributed by atoms with Crippen molar-refractivity contribution in [2.75, 3.05) is 5.75 Å². The highest BCUT2D eigenvalue weighted by Gasteiger charge is 2.25. The summed E-state index contributed by atoms with van der Waals surface area (Å²) in [7, 11) is 0. The van der Waals surface area contributed by atoms with Gasteiger partial charge in [0.15, 0.2) is 0 Å². The predicted octanol–water partition coefficient (Wildman–Crippen LogP) is 2.55. The van der Waals surface area contributed by atoms with Crippen molar-refractivity contribution < 1.29 is 4.79 Å². The largest absolute Gasteiger partial charge is 0.349 e. The maximum atomic E-state index is 12.1. The van der Waals surface area contributed by atoms with Crippen LogP contribution in [-0.4, -0.2) is 23.0 Å². The Bertz CT molecular complexity index is 419. The third-order valence-corrected chi connectivity index (χ3v) is 4.81. The van der Waals surface area contributed by atoms with Crippen LogP contribution in [0.1, 0.15) is 42.1 Å². The van der Waals surface area contributed by atoms with Crippen LogP contribution in [0, 0.1) is 0 Å². The zero-order valence-corrected chi connectivity index (χ0v) is 12.2. The molecule has 19 heavy (non-hydrogen) atoms. The summed E-state index contributed by atoms with van der Waals surface area (Å²) in [6.45, 7) is 2.70. The molecule has 2 rings (SSSR count). The van der Waals surface area contributed by atoms with E-state index in [0.29, 0.717) is 12.6 Å². The third-order valence-electron chi connectivity index (χ3n) is 3.57. The highest BCUT2D eigenvalue weighted by Crippen LogP contribution is 2.29. The van der Waals surface area contributed by atoms with Crippen LogP contribution in [0.15, 0.2) is 24.3 Å². The van der Waals surface area contributed by atoms with Gasteiger partial charge >= 0.3 is 0 Å². The molecular weight excluding hydrogens is 256 g/mol. The Morgan fingerprint density at radius 2 is 2.11 bits per heavy atom. The van der Waals surface area contributed by atoms with Crippen LogP contribution in [-0.2, 0) is 6.54 Å². The van der Waals surface area contributed by atoms with Crippen molar-refractivity contribution >= 4 is 17.7 Å². The molecule has 0 aliphatic heterocycles. The van der Waals surface area contributed by atoms with Gasteiger partial charge in [0.1, 0.15) is 0 Å². The Hall–Kier alpha value is -1.00. The van der Waals surface area contributed by atoms with Crippen molar-refractivity contribution in [3.63, 3.8) is 0 Å². The molecule has 0 aromatic heterocycles. The molecule has 1 aromatic carbocycles. The lowest BCUT2D eigenvalue weighted by Gasteiger charge is -2.13. The molecule has 3 N–H and O–H groups in total. The molecule has 104 valence electrons. The number of hydrogen-bond acceptors (Lipinski definition) is 3. The van der Waals surface area contributed by atoms with E-state index in [1.165, 1.54) is 6.42 Å². The SMILES string of the molecule is CCSC1CCC(NC(=O)c2ccc(CN)cc2)C1. The molecule has 0 radical (unpaired) electrons. The van der Waals surface area contributed by atoms with Crippen molar-refractivity contribution in [3.8, 4) is 0 Å². The van der Waals surface area contributed by atoms with E-state index in [0.717, 1.165) is 35.0 Å². The number of benzene rings is 1. The summed E-state index contributed by atoms with van der Waals surface area (Å²) in [5.41, 5.74) is 7.33. The minimum absolute atomic E-state index is 0.0377. The summed E-state index contributed by atoms with van der Waals surface area (Å²) >= 11 is 2.01. The fraction of sp³-hybridized carbons (Fsp3) is 0.533. The van der Waals surface area contributed by atoms with Gasteiger partial charge < -0.3 is 11.1 Å². The molecule has 3 nitrogen and oxygen atoms in total. The summed E-state index contributed by atoms with van der Waals surface area (Å²) in [6, 6.07) is 7.87. The fourth-order valence-electron chi connectivity index (χ4n) is 2.52. The number of hydrogen-bond donors (Lipinski definition) is 2. The maximum absolute atomic E-state index is 12.1. The van der Waals surface area contributed by atoms with Gasteiger partial charge in [-0.1, -0.05) is 19.1 Å². The average Bonchev–Trinajstić information content (AvgIpc) is 2.86. The quantitative estimate of drug-likeness (QED) is 0.870. The van der Waals surface area contributed by atoms with Gasteiger partial charge in [0, 0.05) is 23.4 Å². The second-order valence-electron chi connectivity index (χ2n) is 4.96. The normalized spacial score (nSPS) is 22.4. The molecule has 1 saturated carbocycles. The number of carbonyl (C=O) groups excluding carboxylic acids is 1. The first kappa shape index (κ1) is 14.4. The van der Waals surface area contributed by atoms with E-state index in [2.05, 4.69) is 12.2 Å². The van der Waals surface area contributed by atoms with Crippen LogP contribution >= 0.6 is 11.8 Å². The lowest BCUT2D eigenvalue weighted by Crippen LogP contribution is -2.33. The predicted molar refractivity (Wildman–Crippen MR) is 81.4 cm³/mol. The Labute approximate surface area is 119 Å². The van der Waals surface area contributed by atoms with Crippen molar-refractivity contribution in [2.45, 2.75) is 44.0 Å². The number of amides is 1. The van der Waals surface area contributed by atoms with Crippen LogP contribution in [0.4, 0.5) is 0 Å². The van der Waals surface area contributed by atoms with Crippen LogP contribution in [0.5, 0.6) is 0 Å². The topological polar surface area (TPSA) is 55.1 Å². The number of nitrogens with two attached hydrogens (primary N) is 1. The van der Waals surface area contributed by atoms with Gasteiger partial charge in [-0.3, -0.25) is 4.79 Å². The first-order chi connectivity index (χ1) is 9.22. The minimum atomic E-state index is 0.0377. The fourth-order valence-corrected chi connectivity index (χ4v) is 3.66. The Morgan fingerprint density at radius 1 is 1.37 bits per heavy atom. The van der Waals surface area contributed by atoms with Crippen molar-refractivity contribution in [1.82, 2.24) is 5.32 Å². The van der Waals surface area contributed by atoms with Crippen molar-refractivity contribution in [3.05, 3.63) is 35.4 Å². The lowest BCUT2D eigenvalue weighted by atomic mass is 10.1. The molecule has 4 heteroatoms. The van der Waals surface area contributed by atoms with Crippen molar-refractivity contribution in [2.24, 2.45) is 5.73 Å². The van der Waals surface area contributed by atoms with Crippen LogP contribution < -0.4 is 11.1 Å². The zero-order chi connectivity index (χ0) is 13.7. The average molecular weight is 278 g/mol. The second-order valence-corrected chi connectivity index (χ2v) is 6.54. The standard InChI is InChI=1S/C15H22N2OS/c1-2-19-14-8-7-13(9-14)17-15(18)12-5-3-11(10-16)4-6-12/h3-6,13-14H,2,7-10,16H2,1H3,(H,17,18). The van der Waals surface area contributed by atoms with E-state index in [1.807, 2.05) is 36.0 Å². The number of thioether (sulfide) groups is 1. The highest BCUT2D eigenvalue weighted by atomic mass is 32.2. The van der Waals surface area contributed by atoms with Crippen LogP contribution in [0.3, 0.4) is 0 Å². The molecule has 1 aromatic rings. The van der Waals surface area contributed by atoms with E-state index >= 15 is 0 Å². The molecule has 1 amide bonds. The Balaban J connectivity index is 1.87. The molecule has 1 aliphatic carbocycles. The monoisotopic (exact) mass is 278 g/mol. The van der Waals surface area contributed by atoms with Gasteiger partial charge in [-0.15, -0.1) is 0 Å². The van der Waals surface area contributed by atoms with E-state index in [-0.39, 0.29) is 5.91 Å². The van der Waals surface area contributed by atoms with Crippen LogP contribution in [0.25, 0.3) is 0 Å². The van der Waals surface area contributed by atoms with Crippen molar-refractivity contribution in [1.29, 1.82) is 0 Å². The lowest BCUT2D eigenvalue weighted by molar-refractivity contribution is 0.0938. The second kappa shape index (κ2) is 6.96. The van der Waals surface area contributed by atoms with Gasteiger partial charge in [-0.05, 0) is 42.7 Å². The van der Waals surface area contributed by atoms with Gasteiger partial charge in [-0.2, -0.15) is 11.8 Å². The summed E-state index contributed by atoms with van der Waals surface area (Å²) in [5.74, 6) is 1.20. The highest BCUT2D eigenvalue weighted by molar-refractivity contribution is 7.99. The third kappa shape index (κ3) is 3.98. The Morgan fingerprint density at radius 3 is 2.74 bits per heavy atom. The zero-order valence-electron chi connectivity index (χ0n) is 11.4.